The van der Waals surface area contributed by atoms with Gasteiger partial charge in [0.2, 0.25) is 0 Å². The van der Waals surface area contributed by atoms with Gasteiger partial charge in [0.25, 0.3) is 0 Å². The van der Waals surface area contributed by atoms with Crippen LogP contribution in [0.3, 0.4) is 0 Å². The third kappa shape index (κ3) is 16.0. The van der Waals surface area contributed by atoms with E-state index in [4.69, 9.17) is 0 Å². The summed E-state index contributed by atoms with van der Waals surface area (Å²) >= 11 is 0. The van der Waals surface area contributed by atoms with E-state index >= 15 is 0 Å². The van der Waals surface area contributed by atoms with Crippen LogP contribution in [0.5, 0.6) is 0 Å². The second-order valence-corrected chi connectivity index (χ2v) is 1.31. The largest absolute Gasteiger partial charge is 0.271 e. The van der Waals surface area contributed by atoms with E-state index in [0.29, 0.717) is 0 Å². The maximum absolute atomic E-state index is 3.67. The first-order valence-electron chi connectivity index (χ1n) is 4.46. The fourth-order valence-electron chi connectivity index (χ4n) is 0.349. The highest BCUT2D eigenvalue weighted by Crippen LogP contribution is 1.98. The summed E-state index contributed by atoms with van der Waals surface area (Å²) in [6, 6.07) is 0. The van der Waals surface area contributed by atoms with Crippen LogP contribution < -0.4 is 0 Å². The maximum atomic E-state index is 3.67. The summed E-state index contributed by atoms with van der Waals surface area (Å²) in [5, 5.41) is 0. The summed E-state index contributed by atoms with van der Waals surface area (Å²) in [4.78, 5) is 7.21. The van der Waals surface area contributed by atoms with Crippen LogP contribution in [0.1, 0.15) is 41.0 Å². The summed E-state index contributed by atoms with van der Waals surface area (Å²) in [6.45, 7) is 16.6. The molecule has 0 aliphatic carbocycles. The monoisotopic (exact) mass is 170 g/mol. The van der Waals surface area contributed by atoms with Crippen LogP contribution in [-0.2, 0) is 0 Å². The first kappa shape index (κ1) is 17.2. The minimum absolute atomic E-state index is 0.864. The fraction of sp³-hybridized carbons (Fsp3) is 0.600. The Morgan fingerprint density at radius 3 is 1.67 bits per heavy atom. The SMILES string of the molecule is C=N/C=C(/CC)N=C.CC.CC. The average Bonchev–Trinajstić information content (AvgIpc) is 2.20. The number of hydrogen-bond donors (Lipinski definition) is 0. The van der Waals surface area contributed by atoms with E-state index in [2.05, 4.69) is 23.4 Å². The fourth-order valence-corrected chi connectivity index (χ4v) is 0.349. The zero-order valence-electron chi connectivity index (χ0n) is 9.09. The Hall–Kier alpha value is -0.920. The molecule has 0 aliphatic heterocycles. The molecule has 0 bridgehead atoms. The van der Waals surface area contributed by atoms with Crippen LogP contribution in [0, 0.1) is 0 Å². The molecule has 0 N–H and O–H groups in total. The van der Waals surface area contributed by atoms with Crippen molar-refractivity contribution < 1.29 is 0 Å². The van der Waals surface area contributed by atoms with E-state index < -0.39 is 0 Å². The van der Waals surface area contributed by atoms with Crippen molar-refractivity contribution in [2.24, 2.45) is 9.98 Å². The van der Waals surface area contributed by atoms with Crippen molar-refractivity contribution in [2.45, 2.75) is 41.0 Å². The van der Waals surface area contributed by atoms with Crippen molar-refractivity contribution >= 4 is 13.4 Å². The molecule has 12 heavy (non-hydrogen) atoms. The highest BCUT2D eigenvalue weighted by atomic mass is 14.8. The summed E-state index contributed by atoms with van der Waals surface area (Å²) in [5.41, 5.74) is 0.875. The Bertz CT molecular complexity index is 115. The van der Waals surface area contributed by atoms with E-state index in [-0.39, 0.29) is 0 Å². The van der Waals surface area contributed by atoms with E-state index in [1.165, 1.54) is 0 Å². The molecule has 0 atom stereocenters. The molecule has 2 heteroatoms. The molecular formula is C10H22N2. The van der Waals surface area contributed by atoms with Crippen molar-refractivity contribution in [3.63, 3.8) is 0 Å². The van der Waals surface area contributed by atoms with Gasteiger partial charge in [-0.05, 0) is 19.9 Å². The molecule has 0 aromatic carbocycles. The molecule has 0 aliphatic rings. The van der Waals surface area contributed by atoms with Crippen LogP contribution in [0.4, 0.5) is 0 Å². The van der Waals surface area contributed by atoms with E-state index in [1.54, 1.807) is 6.20 Å². The maximum Gasteiger partial charge on any atom is 0.0575 e. The minimum Gasteiger partial charge on any atom is -0.271 e. The molecule has 0 rings (SSSR count). The Morgan fingerprint density at radius 2 is 1.58 bits per heavy atom. The third-order valence-electron chi connectivity index (χ3n) is 0.806. The lowest BCUT2D eigenvalue weighted by molar-refractivity contribution is 1.06. The molecule has 0 amide bonds. The molecule has 0 radical (unpaired) electrons. The second kappa shape index (κ2) is 22.5. The minimum atomic E-state index is 0.864. The number of hydrogen-bond acceptors (Lipinski definition) is 2. The van der Waals surface area contributed by atoms with Gasteiger partial charge in [-0.15, -0.1) is 0 Å². The van der Waals surface area contributed by atoms with Crippen molar-refractivity contribution in [3.05, 3.63) is 11.9 Å². The molecule has 72 valence electrons. The van der Waals surface area contributed by atoms with Crippen LogP contribution in [0.25, 0.3) is 0 Å². The van der Waals surface area contributed by atoms with E-state index in [0.717, 1.165) is 12.1 Å². The van der Waals surface area contributed by atoms with Crippen molar-refractivity contribution in [3.8, 4) is 0 Å². The van der Waals surface area contributed by atoms with Crippen LogP contribution in [-0.4, -0.2) is 13.4 Å². The molecule has 0 aromatic rings. The quantitative estimate of drug-likeness (QED) is 0.577. The first-order chi connectivity index (χ1) is 5.85. The molecule has 0 aromatic heterocycles. The predicted molar refractivity (Wildman–Crippen MR) is 60.2 cm³/mol. The molecule has 2 nitrogen and oxygen atoms in total. The van der Waals surface area contributed by atoms with Crippen molar-refractivity contribution in [2.75, 3.05) is 0 Å². The van der Waals surface area contributed by atoms with Gasteiger partial charge in [0.1, 0.15) is 0 Å². The standard InChI is InChI=1S/C6H10N2.2C2H6/c1-4-6(8-3)5-7-2;2*1-2/h5H,2-4H2,1H3;2*1-2H3/b6-5-;;. The lowest BCUT2D eigenvalue weighted by Gasteiger charge is -1.87. The average molecular weight is 170 g/mol. The van der Waals surface area contributed by atoms with Crippen LogP contribution >= 0.6 is 0 Å². The molecule has 0 fully saturated rings. The molecule has 0 heterocycles. The summed E-state index contributed by atoms with van der Waals surface area (Å²) in [6.07, 6.45) is 2.47. The van der Waals surface area contributed by atoms with Crippen molar-refractivity contribution in [1.29, 1.82) is 0 Å². The molecule has 0 saturated carbocycles. The number of rotatable bonds is 3. The Kier molecular flexibility index (Phi) is 32.3. The van der Waals surface area contributed by atoms with Gasteiger partial charge < -0.3 is 0 Å². The summed E-state index contributed by atoms with van der Waals surface area (Å²) in [5.74, 6) is 0. The normalized spacial score (nSPS) is 8.25. The van der Waals surface area contributed by atoms with Gasteiger partial charge in [-0.1, -0.05) is 34.6 Å². The lowest BCUT2D eigenvalue weighted by Crippen LogP contribution is -1.69. The molecular weight excluding hydrogens is 148 g/mol. The van der Waals surface area contributed by atoms with E-state index in [1.807, 2.05) is 34.6 Å². The number of nitrogens with zero attached hydrogens (tertiary/aromatic N) is 2. The van der Waals surface area contributed by atoms with Gasteiger partial charge in [-0.3, -0.25) is 9.98 Å². The topological polar surface area (TPSA) is 24.7 Å². The molecule has 0 spiro atoms. The molecule has 0 unspecified atom stereocenters. The Labute approximate surface area is 77.1 Å². The zero-order valence-corrected chi connectivity index (χ0v) is 9.09. The second-order valence-electron chi connectivity index (χ2n) is 1.31. The van der Waals surface area contributed by atoms with Gasteiger partial charge in [0, 0.05) is 6.20 Å². The number of aliphatic imine (C=N–C) groups is 2. The Morgan fingerprint density at radius 1 is 1.17 bits per heavy atom. The zero-order chi connectivity index (χ0) is 10.4. The van der Waals surface area contributed by atoms with Gasteiger partial charge in [-0.25, -0.2) is 0 Å². The third-order valence-corrected chi connectivity index (χ3v) is 0.806. The first-order valence-corrected chi connectivity index (χ1v) is 4.46. The van der Waals surface area contributed by atoms with Crippen LogP contribution in [0.2, 0.25) is 0 Å². The van der Waals surface area contributed by atoms with Crippen LogP contribution in [0.15, 0.2) is 21.9 Å². The van der Waals surface area contributed by atoms with E-state index in [9.17, 15) is 0 Å². The summed E-state index contributed by atoms with van der Waals surface area (Å²) < 4.78 is 0. The highest BCUT2D eigenvalue weighted by Gasteiger charge is 1.81. The van der Waals surface area contributed by atoms with Gasteiger partial charge in [0.05, 0.1) is 5.70 Å². The lowest BCUT2D eigenvalue weighted by atomic mass is 10.4. The smallest absolute Gasteiger partial charge is 0.0575 e. The van der Waals surface area contributed by atoms with Gasteiger partial charge in [-0.2, -0.15) is 0 Å². The summed E-state index contributed by atoms with van der Waals surface area (Å²) in [7, 11) is 0. The Balaban J connectivity index is -0.000000175. The highest BCUT2D eigenvalue weighted by molar-refractivity contribution is 5.31. The van der Waals surface area contributed by atoms with Gasteiger partial charge >= 0.3 is 0 Å². The number of allylic oxidation sites excluding steroid dienone is 1. The molecule has 0 saturated heterocycles. The van der Waals surface area contributed by atoms with Gasteiger partial charge in [0.15, 0.2) is 0 Å². The predicted octanol–water partition coefficient (Wildman–Crippen LogP) is 3.69. The van der Waals surface area contributed by atoms with Crippen molar-refractivity contribution in [1.82, 2.24) is 0 Å².